The van der Waals surface area contributed by atoms with E-state index in [4.69, 9.17) is 4.74 Å². The van der Waals surface area contributed by atoms with Crippen molar-refractivity contribution in [3.63, 3.8) is 0 Å². The van der Waals surface area contributed by atoms with Gasteiger partial charge < -0.3 is 4.74 Å². The molecule has 1 atom stereocenters. The van der Waals surface area contributed by atoms with Crippen LogP contribution in [0.1, 0.15) is 63.3 Å². The van der Waals surface area contributed by atoms with Gasteiger partial charge in [0, 0.05) is 0 Å². The van der Waals surface area contributed by atoms with Crippen molar-refractivity contribution in [3.8, 4) is 5.75 Å². The van der Waals surface area contributed by atoms with Gasteiger partial charge in [-0.2, -0.15) is 0 Å². The third kappa shape index (κ3) is 2.06. The van der Waals surface area contributed by atoms with Crippen LogP contribution in [0.2, 0.25) is 0 Å². The van der Waals surface area contributed by atoms with Gasteiger partial charge in [-0.15, -0.1) is 0 Å². The predicted molar refractivity (Wildman–Crippen MR) is 82.4 cm³/mol. The summed E-state index contributed by atoms with van der Waals surface area (Å²) in [5.74, 6) is 1.36. The maximum absolute atomic E-state index is 10.8. The van der Waals surface area contributed by atoms with Gasteiger partial charge in [0.15, 0.2) is 0 Å². The molecule has 1 aromatic rings. The van der Waals surface area contributed by atoms with Crippen LogP contribution >= 0.6 is 0 Å². The second-order valence-corrected chi connectivity index (χ2v) is 7.49. The number of carbonyl (C=O) groups is 1. The highest BCUT2D eigenvalue weighted by molar-refractivity contribution is 5.59. The fraction of sp³-hybridized carbons (Fsp3) is 0.611. The molecule has 1 aromatic carbocycles. The number of ether oxygens (including phenoxy) is 1. The SMILES string of the molecule is Cc1cc2c(c(C)c1OC=O)C(C)(C)CC(C)C2(C)C. The molecule has 1 unspecified atom stereocenters. The average Bonchev–Trinajstić information content (AvgIpc) is 2.31. The van der Waals surface area contributed by atoms with Gasteiger partial charge in [-0.1, -0.05) is 40.7 Å². The standard InChI is InChI=1S/C18H26O2/c1-11-8-14-15(13(3)16(11)20-10-19)17(4,5)9-12(2)18(14,6)7/h8,10,12H,9H2,1-7H3. The Morgan fingerprint density at radius 3 is 2.40 bits per heavy atom. The molecule has 0 spiro atoms. The predicted octanol–water partition coefficient (Wildman–Crippen LogP) is 4.43. The molecule has 0 N–H and O–H groups in total. The molecule has 1 aliphatic rings. The van der Waals surface area contributed by atoms with E-state index in [-0.39, 0.29) is 10.8 Å². The zero-order chi connectivity index (χ0) is 15.3. The Morgan fingerprint density at radius 1 is 1.25 bits per heavy atom. The van der Waals surface area contributed by atoms with Gasteiger partial charge in [-0.3, -0.25) is 4.79 Å². The van der Waals surface area contributed by atoms with Gasteiger partial charge in [0.05, 0.1) is 0 Å². The lowest BCUT2D eigenvalue weighted by Gasteiger charge is -2.47. The molecule has 0 fully saturated rings. The molecule has 0 heterocycles. The van der Waals surface area contributed by atoms with E-state index in [1.54, 1.807) is 0 Å². The molecule has 2 heteroatoms. The van der Waals surface area contributed by atoms with E-state index in [0.29, 0.717) is 12.4 Å². The largest absolute Gasteiger partial charge is 0.428 e. The van der Waals surface area contributed by atoms with Crippen LogP contribution in [0.15, 0.2) is 6.07 Å². The number of hydrogen-bond acceptors (Lipinski definition) is 2. The lowest BCUT2D eigenvalue weighted by molar-refractivity contribution is -0.120. The van der Waals surface area contributed by atoms with E-state index >= 15 is 0 Å². The van der Waals surface area contributed by atoms with Crippen molar-refractivity contribution >= 4 is 6.47 Å². The number of carbonyl (C=O) groups excluding carboxylic acids is 1. The summed E-state index contributed by atoms with van der Waals surface area (Å²) in [5.41, 5.74) is 5.21. The fourth-order valence-electron chi connectivity index (χ4n) is 3.96. The lowest BCUT2D eigenvalue weighted by Crippen LogP contribution is -2.41. The summed E-state index contributed by atoms with van der Waals surface area (Å²) in [6, 6.07) is 2.22. The molecule has 0 saturated heterocycles. The zero-order valence-electron chi connectivity index (χ0n) is 13.8. The first-order valence-corrected chi connectivity index (χ1v) is 7.38. The first-order chi connectivity index (χ1) is 9.13. The van der Waals surface area contributed by atoms with Crippen LogP contribution in [-0.2, 0) is 15.6 Å². The third-order valence-electron chi connectivity index (χ3n) is 5.29. The highest BCUT2D eigenvalue weighted by Gasteiger charge is 2.43. The van der Waals surface area contributed by atoms with Crippen molar-refractivity contribution < 1.29 is 9.53 Å². The van der Waals surface area contributed by atoms with Crippen LogP contribution in [0.5, 0.6) is 5.75 Å². The van der Waals surface area contributed by atoms with Crippen molar-refractivity contribution in [1.29, 1.82) is 0 Å². The Bertz CT molecular complexity index is 553. The molecular weight excluding hydrogens is 248 g/mol. The van der Waals surface area contributed by atoms with Gasteiger partial charge in [0.1, 0.15) is 5.75 Å². The van der Waals surface area contributed by atoms with Gasteiger partial charge in [0.2, 0.25) is 0 Å². The molecule has 0 aliphatic heterocycles. The maximum Gasteiger partial charge on any atom is 0.298 e. The summed E-state index contributed by atoms with van der Waals surface area (Å²) < 4.78 is 5.24. The normalized spacial score (nSPS) is 23.1. The number of benzene rings is 1. The molecule has 0 saturated carbocycles. The molecule has 20 heavy (non-hydrogen) atoms. The number of rotatable bonds is 2. The first kappa shape index (κ1) is 15.1. The van der Waals surface area contributed by atoms with Gasteiger partial charge in [-0.25, -0.2) is 0 Å². The Kier molecular flexibility index (Phi) is 3.48. The molecule has 2 rings (SSSR count). The summed E-state index contributed by atoms with van der Waals surface area (Å²) in [5, 5.41) is 0. The molecule has 0 radical (unpaired) electrons. The van der Waals surface area contributed by atoms with Crippen LogP contribution in [-0.4, -0.2) is 6.47 Å². The van der Waals surface area contributed by atoms with Crippen LogP contribution in [0, 0.1) is 19.8 Å². The Balaban J connectivity index is 2.80. The smallest absolute Gasteiger partial charge is 0.298 e. The molecule has 0 aromatic heterocycles. The second-order valence-electron chi connectivity index (χ2n) is 7.49. The van der Waals surface area contributed by atoms with Crippen molar-refractivity contribution in [2.45, 2.75) is 65.7 Å². The first-order valence-electron chi connectivity index (χ1n) is 7.38. The van der Waals surface area contributed by atoms with Crippen LogP contribution in [0.25, 0.3) is 0 Å². The summed E-state index contributed by atoms with van der Waals surface area (Å²) in [7, 11) is 0. The molecule has 110 valence electrons. The van der Waals surface area contributed by atoms with E-state index < -0.39 is 0 Å². The van der Waals surface area contributed by atoms with Crippen molar-refractivity contribution in [3.05, 3.63) is 28.3 Å². The monoisotopic (exact) mass is 274 g/mol. The molecule has 0 amide bonds. The molecular formula is C18H26O2. The van der Waals surface area contributed by atoms with E-state index in [1.807, 2.05) is 6.92 Å². The number of hydrogen-bond donors (Lipinski definition) is 0. The molecule has 1 aliphatic carbocycles. The Hall–Kier alpha value is -1.31. The number of aryl methyl sites for hydroxylation is 1. The molecule has 2 nitrogen and oxygen atoms in total. The fourth-order valence-corrected chi connectivity index (χ4v) is 3.96. The third-order valence-corrected chi connectivity index (χ3v) is 5.29. The van der Waals surface area contributed by atoms with Gasteiger partial charge >= 0.3 is 0 Å². The van der Waals surface area contributed by atoms with E-state index in [2.05, 4.69) is 47.6 Å². The molecule has 0 bridgehead atoms. The minimum Gasteiger partial charge on any atom is -0.428 e. The highest BCUT2D eigenvalue weighted by atomic mass is 16.5. The Morgan fingerprint density at radius 2 is 1.85 bits per heavy atom. The van der Waals surface area contributed by atoms with E-state index in [9.17, 15) is 4.79 Å². The minimum atomic E-state index is 0.114. The summed E-state index contributed by atoms with van der Waals surface area (Å²) >= 11 is 0. The summed E-state index contributed by atoms with van der Waals surface area (Å²) in [6.45, 7) is 16.2. The van der Waals surface area contributed by atoms with E-state index in [0.717, 1.165) is 23.3 Å². The minimum absolute atomic E-state index is 0.114. The lowest BCUT2D eigenvalue weighted by atomic mass is 9.57. The van der Waals surface area contributed by atoms with Crippen LogP contribution in [0.3, 0.4) is 0 Å². The van der Waals surface area contributed by atoms with Gasteiger partial charge in [0.25, 0.3) is 6.47 Å². The second kappa shape index (κ2) is 4.61. The van der Waals surface area contributed by atoms with Crippen LogP contribution < -0.4 is 4.74 Å². The zero-order valence-corrected chi connectivity index (χ0v) is 13.8. The topological polar surface area (TPSA) is 26.3 Å². The van der Waals surface area contributed by atoms with Crippen molar-refractivity contribution in [1.82, 2.24) is 0 Å². The highest BCUT2D eigenvalue weighted by Crippen LogP contribution is 2.52. The summed E-state index contributed by atoms with van der Waals surface area (Å²) in [6.07, 6.45) is 1.15. The van der Waals surface area contributed by atoms with Crippen molar-refractivity contribution in [2.75, 3.05) is 0 Å². The average molecular weight is 274 g/mol. The van der Waals surface area contributed by atoms with Gasteiger partial charge in [-0.05, 0) is 59.3 Å². The quantitative estimate of drug-likeness (QED) is 0.746. The van der Waals surface area contributed by atoms with E-state index in [1.165, 1.54) is 11.1 Å². The van der Waals surface area contributed by atoms with Crippen LogP contribution in [0.4, 0.5) is 0 Å². The Labute approximate surface area is 122 Å². The maximum atomic E-state index is 10.8. The summed E-state index contributed by atoms with van der Waals surface area (Å²) in [4.78, 5) is 10.8. The number of fused-ring (bicyclic) bond motifs is 1. The van der Waals surface area contributed by atoms with Crippen molar-refractivity contribution in [2.24, 2.45) is 5.92 Å².